The summed E-state index contributed by atoms with van der Waals surface area (Å²) in [4.78, 5) is 6.54. The Hall–Kier alpha value is -3.55. The number of fused-ring (bicyclic) bond motifs is 2. The first-order valence-electron chi connectivity index (χ1n) is 10.1. The Labute approximate surface area is 185 Å². The molecule has 7 heteroatoms. The molecule has 0 aliphatic rings. The van der Waals surface area contributed by atoms with Crippen molar-refractivity contribution in [3.63, 3.8) is 0 Å². The smallest absolute Gasteiger partial charge is 0.265 e. The standard InChI is InChI=1S/C25H22N2O4S/c1-30-18-13-11-17(12-14-18)25(31-32(2,28)29,21-15-26-23-9-5-3-7-19(21)23)22-16-27-24-10-6-4-8-20(22)24/h3-16,26-27H,1-2H3. The zero-order valence-electron chi connectivity index (χ0n) is 17.6. The van der Waals surface area contributed by atoms with Gasteiger partial charge in [0.15, 0.2) is 5.60 Å². The van der Waals surface area contributed by atoms with Crippen LogP contribution in [0.3, 0.4) is 0 Å². The lowest BCUT2D eigenvalue weighted by molar-refractivity contribution is 0.169. The molecule has 0 unspecified atom stereocenters. The molecule has 0 bridgehead atoms. The number of rotatable bonds is 6. The Balaban J connectivity index is 1.93. The van der Waals surface area contributed by atoms with Crippen LogP contribution in [0.4, 0.5) is 0 Å². The molecule has 6 nitrogen and oxygen atoms in total. The van der Waals surface area contributed by atoms with E-state index in [0.29, 0.717) is 22.4 Å². The normalized spacial score (nSPS) is 12.4. The summed E-state index contributed by atoms with van der Waals surface area (Å²) < 4.78 is 36.9. The zero-order chi connectivity index (χ0) is 22.3. The molecule has 5 rings (SSSR count). The Morgan fingerprint density at radius 2 is 1.25 bits per heavy atom. The van der Waals surface area contributed by atoms with Crippen LogP contribution in [0, 0.1) is 0 Å². The summed E-state index contributed by atoms with van der Waals surface area (Å²) in [7, 11) is -2.30. The Kier molecular flexibility index (Phi) is 4.80. The maximum absolute atomic E-state index is 12.7. The second-order valence-corrected chi connectivity index (χ2v) is 9.27. The van der Waals surface area contributed by atoms with Gasteiger partial charge in [0.2, 0.25) is 0 Å². The molecule has 0 aliphatic carbocycles. The van der Waals surface area contributed by atoms with Crippen molar-refractivity contribution in [3.05, 3.63) is 102 Å². The molecule has 2 heterocycles. The van der Waals surface area contributed by atoms with Crippen LogP contribution in [-0.4, -0.2) is 31.8 Å². The molecule has 0 aliphatic heterocycles. The number of hydrogen-bond acceptors (Lipinski definition) is 4. The highest BCUT2D eigenvalue weighted by Crippen LogP contribution is 2.47. The van der Waals surface area contributed by atoms with E-state index in [1.165, 1.54) is 0 Å². The van der Waals surface area contributed by atoms with Gasteiger partial charge in [-0.05, 0) is 29.8 Å². The fourth-order valence-corrected chi connectivity index (χ4v) is 5.10. The van der Waals surface area contributed by atoms with Crippen LogP contribution in [-0.2, 0) is 19.9 Å². The van der Waals surface area contributed by atoms with Crippen molar-refractivity contribution in [2.24, 2.45) is 0 Å². The first-order valence-corrected chi connectivity index (χ1v) is 11.9. The fraction of sp³-hybridized carbons (Fsp3) is 0.120. The minimum Gasteiger partial charge on any atom is -0.497 e. The van der Waals surface area contributed by atoms with Crippen molar-refractivity contribution < 1.29 is 17.3 Å². The van der Waals surface area contributed by atoms with Crippen molar-refractivity contribution >= 4 is 31.9 Å². The van der Waals surface area contributed by atoms with E-state index in [-0.39, 0.29) is 0 Å². The lowest BCUT2D eigenvalue weighted by atomic mass is 9.80. The zero-order valence-corrected chi connectivity index (χ0v) is 18.4. The molecule has 0 amide bonds. The van der Waals surface area contributed by atoms with Crippen LogP contribution >= 0.6 is 0 Å². The van der Waals surface area contributed by atoms with Crippen molar-refractivity contribution in [1.29, 1.82) is 0 Å². The molecule has 0 spiro atoms. The predicted molar refractivity (Wildman–Crippen MR) is 125 cm³/mol. The molecule has 0 saturated carbocycles. The summed E-state index contributed by atoms with van der Waals surface area (Å²) in [5, 5.41) is 1.74. The summed E-state index contributed by atoms with van der Waals surface area (Å²) in [6.07, 6.45) is 4.72. The quantitative estimate of drug-likeness (QED) is 0.363. The van der Waals surface area contributed by atoms with Gasteiger partial charge in [0.1, 0.15) is 5.75 Å². The third-order valence-electron chi connectivity index (χ3n) is 5.71. The van der Waals surface area contributed by atoms with Gasteiger partial charge >= 0.3 is 0 Å². The van der Waals surface area contributed by atoms with Gasteiger partial charge in [-0.1, -0.05) is 48.5 Å². The van der Waals surface area contributed by atoms with E-state index in [0.717, 1.165) is 28.1 Å². The average Bonchev–Trinajstić information content (AvgIpc) is 3.42. The number of nitrogens with one attached hydrogen (secondary N) is 2. The molecule has 0 radical (unpaired) electrons. The highest BCUT2D eigenvalue weighted by atomic mass is 32.2. The maximum Gasteiger partial charge on any atom is 0.265 e. The van der Waals surface area contributed by atoms with Crippen molar-refractivity contribution in [2.75, 3.05) is 13.4 Å². The molecule has 5 aromatic rings. The molecule has 162 valence electrons. The van der Waals surface area contributed by atoms with Crippen LogP contribution in [0.25, 0.3) is 21.8 Å². The molecular weight excluding hydrogens is 424 g/mol. The Bertz CT molecular complexity index is 1440. The molecule has 32 heavy (non-hydrogen) atoms. The third-order valence-corrected chi connectivity index (χ3v) is 6.26. The van der Waals surface area contributed by atoms with Crippen LogP contribution in [0.15, 0.2) is 85.2 Å². The van der Waals surface area contributed by atoms with Crippen LogP contribution < -0.4 is 4.74 Å². The summed E-state index contributed by atoms with van der Waals surface area (Å²) in [5.41, 5.74) is 2.41. The van der Waals surface area contributed by atoms with Gasteiger partial charge in [-0.25, -0.2) is 4.18 Å². The van der Waals surface area contributed by atoms with E-state index in [4.69, 9.17) is 8.92 Å². The first-order chi connectivity index (χ1) is 15.4. The minimum atomic E-state index is -3.89. The number of H-pyrrole nitrogens is 2. The summed E-state index contributed by atoms with van der Waals surface area (Å²) in [6.45, 7) is 0. The first kappa shape index (κ1) is 20.4. The maximum atomic E-state index is 12.7. The van der Waals surface area contributed by atoms with E-state index < -0.39 is 15.7 Å². The number of para-hydroxylation sites is 2. The van der Waals surface area contributed by atoms with Gasteiger partial charge in [-0.2, -0.15) is 8.42 Å². The largest absolute Gasteiger partial charge is 0.497 e. The second-order valence-electron chi connectivity index (χ2n) is 7.69. The number of methoxy groups -OCH3 is 1. The highest BCUT2D eigenvalue weighted by Gasteiger charge is 2.44. The topological polar surface area (TPSA) is 84.2 Å². The Morgan fingerprint density at radius 3 is 1.72 bits per heavy atom. The van der Waals surface area contributed by atoms with E-state index in [9.17, 15) is 8.42 Å². The van der Waals surface area contributed by atoms with Gasteiger partial charge in [0, 0.05) is 45.3 Å². The van der Waals surface area contributed by atoms with E-state index in [2.05, 4.69) is 9.97 Å². The van der Waals surface area contributed by atoms with E-state index >= 15 is 0 Å². The molecule has 0 saturated heterocycles. The number of hydrogen-bond donors (Lipinski definition) is 2. The summed E-state index contributed by atoms with van der Waals surface area (Å²) >= 11 is 0. The Morgan fingerprint density at radius 1 is 0.750 bits per heavy atom. The van der Waals surface area contributed by atoms with Crippen LogP contribution in [0.1, 0.15) is 16.7 Å². The SMILES string of the molecule is COc1ccc(C(OS(C)(=O)=O)(c2c[nH]c3ccccc23)c2c[nH]c3ccccc23)cc1. The lowest BCUT2D eigenvalue weighted by Crippen LogP contribution is -2.34. The summed E-state index contributed by atoms with van der Waals surface area (Å²) in [6, 6.07) is 22.8. The average molecular weight is 447 g/mol. The lowest BCUT2D eigenvalue weighted by Gasteiger charge is -2.33. The van der Waals surface area contributed by atoms with Gasteiger partial charge in [-0.3, -0.25) is 0 Å². The van der Waals surface area contributed by atoms with Crippen molar-refractivity contribution in [1.82, 2.24) is 9.97 Å². The van der Waals surface area contributed by atoms with Crippen molar-refractivity contribution in [2.45, 2.75) is 5.60 Å². The van der Waals surface area contributed by atoms with E-state index in [1.807, 2.05) is 73.1 Å². The third kappa shape index (κ3) is 3.26. The molecule has 2 N–H and O–H groups in total. The molecule has 0 fully saturated rings. The number of aromatic nitrogens is 2. The fourth-order valence-electron chi connectivity index (χ4n) is 4.37. The van der Waals surface area contributed by atoms with Gasteiger partial charge < -0.3 is 14.7 Å². The highest BCUT2D eigenvalue weighted by molar-refractivity contribution is 7.86. The molecule has 0 atom stereocenters. The predicted octanol–water partition coefficient (Wildman–Crippen LogP) is 4.93. The van der Waals surface area contributed by atoms with Gasteiger partial charge in [0.05, 0.1) is 13.4 Å². The number of benzene rings is 3. The van der Waals surface area contributed by atoms with Crippen molar-refractivity contribution in [3.8, 4) is 5.75 Å². The van der Waals surface area contributed by atoms with Gasteiger partial charge in [-0.15, -0.1) is 0 Å². The minimum absolute atomic E-state index is 0.665. The molecule has 2 aromatic heterocycles. The van der Waals surface area contributed by atoms with Crippen LogP contribution in [0.5, 0.6) is 5.75 Å². The van der Waals surface area contributed by atoms with Crippen LogP contribution in [0.2, 0.25) is 0 Å². The monoisotopic (exact) mass is 446 g/mol. The van der Waals surface area contributed by atoms with Gasteiger partial charge in [0.25, 0.3) is 10.1 Å². The molecular formula is C25H22N2O4S. The second kappa shape index (κ2) is 7.55. The molecule has 3 aromatic carbocycles. The summed E-state index contributed by atoms with van der Waals surface area (Å²) in [5.74, 6) is 0.667. The number of aromatic amines is 2. The van der Waals surface area contributed by atoms with E-state index in [1.54, 1.807) is 19.2 Å². The number of ether oxygens (including phenoxy) is 1.